The number of rotatable bonds is 3. The van der Waals surface area contributed by atoms with Crippen LogP contribution in [0.2, 0.25) is 0 Å². The average Bonchev–Trinajstić information content (AvgIpc) is 2.57. The molecule has 1 heterocycles. The van der Waals surface area contributed by atoms with E-state index >= 15 is 0 Å². The van der Waals surface area contributed by atoms with Gasteiger partial charge in [0, 0.05) is 10.6 Å². The number of hydrogen-bond donors (Lipinski definition) is 1. The molecule has 0 aliphatic carbocycles. The van der Waals surface area contributed by atoms with Crippen LogP contribution in [-0.4, -0.2) is 12.3 Å². The van der Waals surface area contributed by atoms with Crippen LogP contribution in [0.4, 0.5) is 4.39 Å². The van der Waals surface area contributed by atoms with Gasteiger partial charge in [0.15, 0.2) is 0 Å². The number of nitrogens with two attached hydrogens (primary N) is 1. The first-order valence-electron chi connectivity index (χ1n) is 4.93. The maximum atomic E-state index is 13.0. The van der Waals surface area contributed by atoms with Crippen LogP contribution in [0.5, 0.6) is 0 Å². The van der Waals surface area contributed by atoms with E-state index in [1.807, 2.05) is 17.8 Å². The van der Waals surface area contributed by atoms with Gasteiger partial charge in [0.1, 0.15) is 5.82 Å². The fraction of sp³-hybridized carbons (Fsp3) is 0.455. The molecule has 76 valence electrons. The smallest absolute Gasteiger partial charge is 0.123 e. The molecule has 1 atom stereocenters. The molecule has 0 bridgehead atoms. The van der Waals surface area contributed by atoms with Crippen LogP contribution in [0, 0.1) is 5.82 Å². The van der Waals surface area contributed by atoms with Crippen molar-refractivity contribution < 1.29 is 4.39 Å². The Morgan fingerprint density at radius 1 is 1.50 bits per heavy atom. The second-order valence-electron chi connectivity index (χ2n) is 3.62. The molecule has 1 aliphatic rings. The largest absolute Gasteiger partial charge is 0.330 e. The Labute approximate surface area is 87.9 Å². The Kier molecular flexibility index (Phi) is 3.08. The highest BCUT2D eigenvalue weighted by atomic mass is 32.2. The lowest BCUT2D eigenvalue weighted by Gasteiger charge is -2.09. The quantitative estimate of drug-likeness (QED) is 0.832. The van der Waals surface area contributed by atoms with Crippen LogP contribution in [0.3, 0.4) is 0 Å². The van der Waals surface area contributed by atoms with Gasteiger partial charge in [0.25, 0.3) is 0 Å². The zero-order valence-corrected chi connectivity index (χ0v) is 8.82. The first-order chi connectivity index (χ1) is 6.81. The lowest BCUT2D eigenvalue weighted by atomic mass is 9.96. The Bertz CT molecular complexity index is 327. The van der Waals surface area contributed by atoms with Gasteiger partial charge in [-0.1, -0.05) is 0 Å². The molecule has 2 rings (SSSR count). The zero-order chi connectivity index (χ0) is 9.97. The molecule has 1 aromatic carbocycles. The highest BCUT2D eigenvalue weighted by molar-refractivity contribution is 7.99. The van der Waals surface area contributed by atoms with E-state index in [1.54, 1.807) is 6.07 Å². The van der Waals surface area contributed by atoms with Crippen molar-refractivity contribution in [2.45, 2.75) is 23.7 Å². The summed E-state index contributed by atoms with van der Waals surface area (Å²) in [6.45, 7) is 0.728. The van der Waals surface area contributed by atoms with Crippen LogP contribution >= 0.6 is 11.8 Å². The minimum atomic E-state index is -0.121. The SMILES string of the molecule is NCCCC1CSc2ccc(F)cc21. The molecule has 0 saturated carbocycles. The Morgan fingerprint density at radius 2 is 2.36 bits per heavy atom. The van der Waals surface area contributed by atoms with E-state index in [4.69, 9.17) is 5.73 Å². The minimum Gasteiger partial charge on any atom is -0.330 e. The van der Waals surface area contributed by atoms with Crippen molar-refractivity contribution >= 4 is 11.8 Å². The minimum absolute atomic E-state index is 0.121. The van der Waals surface area contributed by atoms with Gasteiger partial charge < -0.3 is 5.73 Å². The highest BCUT2D eigenvalue weighted by Gasteiger charge is 2.22. The summed E-state index contributed by atoms with van der Waals surface area (Å²) in [5.74, 6) is 1.47. The van der Waals surface area contributed by atoms with Gasteiger partial charge in [0.05, 0.1) is 0 Å². The summed E-state index contributed by atoms with van der Waals surface area (Å²) in [5, 5.41) is 0. The van der Waals surface area contributed by atoms with Crippen molar-refractivity contribution in [3.63, 3.8) is 0 Å². The monoisotopic (exact) mass is 211 g/mol. The fourth-order valence-corrected chi connectivity index (χ4v) is 3.14. The normalized spacial score (nSPS) is 19.7. The van der Waals surface area contributed by atoms with Gasteiger partial charge in [-0.05, 0) is 49.1 Å². The summed E-state index contributed by atoms with van der Waals surface area (Å²) in [5.41, 5.74) is 6.66. The molecular weight excluding hydrogens is 197 g/mol. The van der Waals surface area contributed by atoms with Crippen molar-refractivity contribution in [3.05, 3.63) is 29.6 Å². The third-order valence-electron chi connectivity index (χ3n) is 2.61. The lowest BCUT2D eigenvalue weighted by molar-refractivity contribution is 0.609. The van der Waals surface area contributed by atoms with E-state index in [2.05, 4.69) is 0 Å². The number of thioether (sulfide) groups is 1. The maximum Gasteiger partial charge on any atom is 0.123 e. The molecule has 1 aromatic rings. The van der Waals surface area contributed by atoms with E-state index in [0.717, 1.165) is 25.1 Å². The van der Waals surface area contributed by atoms with E-state index in [-0.39, 0.29) is 5.82 Å². The molecule has 14 heavy (non-hydrogen) atoms. The van der Waals surface area contributed by atoms with Crippen molar-refractivity contribution in [1.82, 2.24) is 0 Å². The lowest BCUT2D eigenvalue weighted by Crippen LogP contribution is -2.03. The first-order valence-corrected chi connectivity index (χ1v) is 5.92. The molecule has 0 aromatic heterocycles. The topological polar surface area (TPSA) is 26.0 Å². The summed E-state index contributed by atoms with van der Waals surface area (Å²) in [4.78, 5) is 1.24. The van der Waals surface area contributed by atoms with Crippen molar-refractivity contribution in [1.29, 1.82) is 0 Å². The van der Waals surface area contributed by atoms with Gasteiger partial charge in [-0.15, -0.1) is 11.8 Å². The van der Waals surface area contributed by atoms with E-state index in [0.29, 0.717) is 5.92 Å². The van der Waals surface area contributed by atoms with Crippen molar-refractivity contribution in [3.8, 4) is 0 Å². The van der Waals surface area contributed by atoms with E-state index in [1.165, 1.54) is 16.5 Å². The summed E-state index contributed by atoms with van der Waals surface area (Å²) in [6.07, 6.45) is 2.11. The molecular formula is C11H14FNS. The predicted octanol–water partition coefficient (Wildman–Crippen LogP) is 2.75. The van der Waals surface area contributed by atoms with Gasteiger partial charge in [0.2, 0.25) is 0 Å². The van der Waals surface area contributed by atoms with Crippen molar-refractivity contribution in [2.75, 3.05) is 12.3 Å². The second kappa shape index (κ2) is 4.32. The molecule has 0 fully saturated rings. The molecule has 1 unspecified atom stereocenters. The summed E-state index contributed by atoms with van der Waals surface area (Å²) < 4.78 is 13.0. The average molecular weight is 211 g/mol. The third-order valence-corrected chi connectivity index (χ3v) is 3.86. The van der Waals surface area contributed by atoms with Gasteiger partial charge in [-0.3, -0.25) is 0 Å². The number of benzene rings is 1. The zero-order valence-electron chi connectivity index (χ0n) is 8.00. The van der Waals surface area contributed by atoms with Gasteiger partial charge in [-0.25, -0.2) is 4.39 Å². The molecule has 1 nitrogen and oxygen atoms in total. The molecule has 0 amide bonds. The number of fused-ring (bicyclic) bond motifs is 1. The summed E-state index contributed by atoms with van der Waals surface area (Å²) in [7, 11) is 0. The Balaban J connectivity index is 2.16. The Hall–Kier alpha value is -0.540. The first kappa shape index (κ1) is 9.99. The van der Waals surface area contributed by atoms with Crippen LogP contribution in [0.15, 0.2) is 23.1 Å². The Morgan fingerprint density at radius 3 is 3.14 bits per heavy atom. The van der Waals surface area contributed by atoms with Crippen LogP contribution < -0.4 is 5.73 Å². The molecule has 3 heteroatoms. The third kappa shape index (κ3) is 1.93. The van der Waals surface area contributed by atoms with Crippen LogP contribution in [0.1, 0.15) is 24.3 Å². The van der Waals surface area contributed by atoms with E-state index in [9.17, 15) is 4.39 Å². The molecule has 1 aliphatic heterocycles. The summed E-state index contributed by atoms with van der Waals surface area (Å²) >= 11 is 1.83. The predicted molar refractivity (Wildman–Crippen MR) is 58.2 cm³/mol. The highest BCUT2D eigenvalue weighted by Crippen LogP contribution is 2.41. The van der Waals surface area contributed by atoms with Crippen LogP contribution in [0.25, 0.3) is 0 Å². The number of hydrogen-bond acceptors (Lipinski definition) is 2. The number of halogens is 1. The van der Waals surface area contributed by atoms with E-state index < -0.39 is 0 Å². The maximum absolute atomic E-state index is 13.0. The molecule has 0 spiro atoms. The molecule has 0 radical (unpaired) electrons. The second-order valence-corrected chi connectivity index (χ2v) is 4.68. The van der Waals surface area contributed by atoms with Gasteiger partial charge >= 0.3 is 0 Å². The standard InChI is InChI=1S/C11H14FNS/c12-9-3-4-11-10(6-9)8(7-14-11)2-1-5-13/h3-4,6,8H,1-2,5,7,13H2. The molecule has 0 saturated heterocycles. The summed E-state index contributed by atoms with van der Waals surface area (Å²) in [6, 6.07) is 5.10. The van der Waals surface area contributed by atoms with Crippen LogP contribution in [-0.2, 0) is 0 Å². The fourth-order valence-electron chi connectivity index (χ4n) is 1.85. The van der Waals surface area contributed by atoms with Crippen molar-refractivity contribution in [2.24, 2.45) is 5.73 Å². The van der Waals surface area contributed by atoms with Gasteiger partial charge in [-0.2, -0.15) is 0 Å². The molecule has 2 N–H and O–H groups in total.